The van der Waals surface area contributed by atoms with Crippen LogP contribution in [0.4, 0.5) is 0 Å². The van der Waals surface area contributed by atoms with Gasteiger partial charge in [-0.25, -0.2) is 0 Å². The minimum atomic E-state index is -1.12. The van der Waals surface area contributed by atoms with E-state index in [2.05, 4.69) is 0 Å². The van der Waals surface area contributed by atoms with Gasteiger partial charge in [-0.2, -0.15) is 0 Å². The quantitative estimate of drug-likeness (QED) is 0.501. The third kappa shape index (κ3) is 5.29. The van der Waals surface area contributed by atoms with Crippen LogP contribution in [0.25, 0.3) is 6.08 Å². The van der Waals surface area contributed by atoms with Crippen molar-refractivity contribution in [3.05, 3.63) is 63.5 Å². The van der Waals surface area contributed by atoms with Crippen LogP contribution in [-0.2, 0) is 16.2 Å². The Balaban J connectivity index is 1.75. The van der Waals surface area contributed by atoms with Gasteiger partial charge in [0.05, 0.1) is 12.0 Å². The number of carboxylic acids is 1. The standard InChI is InChI=1S/C20H16ClNO5S2/c1-26-16-8-13(9-17-19(25)22(10-18(23)24)20(28)29-17)4-7-15(16)27-11-12-2-5-14(21)6-3-12/h2-9H,10-11H2,1H3,(H,23,24). The molecule has 3 rings (SSSR count). The zero-order chi connectivity index (χ0) is 21.0. The van der Waals surface area contributed by atoms with E-state index in [9.17, 15) is 9.59 Å². The Morgan fingerprint density at radius 3 is 2.62 bits per heavy atom. The normalized spacial score (nSPS) is 15.1. The highest BCUT2D eigenvalue weighted by atomic mass is 35.5. The Labute approximate surface area is 182 Å². The summed E-state index contributed by atoms with van der Waals surface area (Å²) in [5, 5.41) is 9.57. The lowest BCUT2D eigenvalue weighted by Gasteiger charge is -2.12. The number of thioether (sulfide) groups is 1. The Kier molecular flexibility index (Phi) is 6.79. The van der Waals surface area contributed by atoms with Gasteiger partial charge in [0.25, 0.3) is 5.91 Å². The summed E-state index contributed by atoms with van der Waals surface area (Å²) in [4.78, 5) is 24.7. The molecule has 0 unspecified atom stereocenters. The number of carboxylic acid groups (broad SMARTS) is 1. The van der Waals surface area contributed by atoms with Gasteiger partial charge in [0.2, 0.25) is 0 Å². The molecule has 2 aromatic carbocycles. The smallest absolute Gasteiger partial charge is 0.323 e. The molecule has 29 heavy (non-hydrogen) atoms. The highest BCUT2D eigenvalue weighted by molar-refractivity contribution is 8.26. The van der Waals surface area contributed by atoms with E-state index in [0.717, 1.165) is 22.2 Å². The van der Waals surface area contributed by atoms with Crippen LogP contribution in [-0.4, -0.2) is 39.9 Å². The average Bonchev–Trinajstić information content (AvgIpc) is 2.95. The molecule has 0 aliphatic carbocycles. The number of hydrogen-bond acceptors (Lipinski definition) is 6. The minimum absolute atomic E-state index is 0.221. The monoisotopic (exact) mass is 449 g/mol. The van der Waals surface area contributed by atoms with Crippen LogP contribution in [0.15, 0.2) is 47.4 Å². The third-order valence-corrected chi connectivity index (χ3v) is 5.59. The summed E-state index contributed by atoms with van der Waals surface area (Å²) in [7, 11) is 1.53. The van der Waals surface area contributed by atoms with Gasteiger partial charge in [0.15, 0.2) is 11.5 Å². The van der Waals surface area contributed by atoms with Gasteiger partial charge in [0.1, 0.15) is 17.5 Å². The first-order chi connectivity index (χ1) is 13.9. The van der Waals surface area contributed by atoms with Gasteiger partial charge in [-0.3, -0.25) is 14.5 Å². The summed E-state index contributed by atoms with van der Waals surface area (Å²) in [5.74, 6) is -0.484. The van der Waals surface area contributed by atoms with E-state index in [-0.39, 0.29) is 4.32 Å². The van der Waals surface area contributed by atoms with Crippen molar-refractivity contribution >= 4 is 57.9 Å². The van der Waals surface area contributed by atoms with Crippen LogP contribution in [0, 0.1) is 0 Å². The van der Waals surface area contributed by atoms with Crippen LogP contribution in [0.1, 0.15) is 11.1 Å². The number of amides is 1. The second-order valence-electron chi connectivity index (χ2n) is 5.99. The molecule has 1 amide bonds. The van der Waals surface area contributed by atoms with Gasteiger partial charge in [-0.05, 0) is 41.5 Å². The largest absolute Gasteiger partial charge is 0.493 e. The Bertz CT molecular complexity index is 991. The first-order valence-corrected chi connectivity index (χ1v) is 10.00. The zero-order valence-corrected chi connectivity index (χ0v) is 17.6. The molecule has 0 bridgehead atoms. The molecule has 150 valence electrons. The number of carbonyl (C=O) groups is 2. The Morgan fingerprint density at radius 2 is 1.97 bits per heavy atom. The number of methoxy groups -OCH3 is 1. The number of benzene rings is 2. The molecule has 0 radical (unpaired) electrons. The Morgan fingerprint density at radius 1 is 1.24 bits per heavy atom. The number of halogens is 1. The average molecular weight is 450 g/mol. The molecule has 0 saturated carbocycles. The van der Waals surface area contributed by atoms with E-state index in [0.29, 0.717) is 33.6 Å². The van der Waals surface area contributed by atoms with Crippen molar-refractivity contribution in [2.75, 3.05) is 13.7 Å². The number of ether oxygens (including phenoxy) is 2. The van der Waals surface area contributed by atoms with Crippen LogP contribution < -0.4 is 9.47 Å². The summed E-state index contributed by atoms with van der Waals surface area (Å²) in [6, 6.07) is 12.6. The van der Waals surface area contributed by atoms with Crippen molar-refractivity contribution < 1.29 is 24.2 Å². The maximum atomic E-state index is 12.4. The molecule has 1 aliphatic rings. The molecular weight excluding hydrogens is 434 g/mol. The molecule has 0 atom stereocenters. The van der Waals surface area contributed by atoms with Gasteiger partial charge in [-0.1, -0.05) is 53.8 Å². The molecular formula is C20H16ClNO5S2. The molecule has 1 fully saturated rings. The molecule has 1 heterocycles. The summed E-state index contributed by atoms with van der Waals surface area (Å²) in [6.45, 7) is -0.108. The summed E-state index contributed by atoms with van der Waals surface area (Å²) in [5.41, 5.74) is 1.67. The van der Waals surface area contributed by atoms with Crippen molar-refractivity contribution in [1.29, 1.82) is 0 Å². The van der Waals surface area contributed by atoms with Crippen molar-refractivity contribution in [2.24, 2.45) is 0 Å². The first kappa shape index (κ1) is 21.2. The van der Waals surface area contributed by atoms with E-state index in [1.54, 1.807) is 36.4 Å². The Hall–Kier alpha value is -2.55. The number of nitrogens with zero attached hydrogens (tertiary/aromatic N) is 1. The lowest BCUT2D eigenvalue weighted by Crippen LogP contribution is -2.33. The van der Waals surface area contributed by atoms with Gasteiger partial charge in [-0.15, -0.1) is 0 Å². The van der Waals surface area contributed by atoms with Crippen molar-refractivity contribution in [3.63, 3.8) is 0 Å². The highest BCUT2D eigenvalue weighted by Crippen LogP contribution is 2.34. The van der Waals surface area contributed by atoms with Gasteiger partial charge in [0, 0.05) is 5.02 Å². The fourth-order valence-electron chi connectivity index (χ4n) is 2.56. The van der Waals surface area contributed by atoms with Crippen molar-refractivity contribution in [2.45, 2.75) is 6.61 Å². The fraction of sp³-hybridized carbons (Fsp3) is 0.150. The summed E-state index contributed by atoms with van der Waals surface area (Å²) < 4.78 is 11.4. The molecule has 2 aromatic rings. The molecule has 0 spiro atoms. The molecule has 1 N–H and O–H groups in total. The highest BCUT2D eigenvalue weighted by Gasteiger charge is 2.33. The molecule has 0 aromatic heterocycles. The number of rotatable bonds is 7. The summed E-state index contributed by atoms with van der Waals surface area (Å²) in [6.07, 6.45) is 1.65. The predicted molar refractivity (Wildman–Crippen MR) is 116 cm³/mol. The fourth-order valence-corrected chi connectivity index (χ4v) is 3.94. The van der Waals surface area contributed by atoms with Gasteiger partial charge < -0.3 is 14.6 Å². The second kappa shape index (κ2) is 9.30. The molecule has 6 nitrogen and oxygen atoms in total. The third-order valence-electron chi connectivity index (χ3n) is 3.96. The topological polar surface area (TPSA) is 76.1 Å². The number of hydrogen-bond donors (Lipinski definition) is 1. The lowest BCUT2D eigenvalue weighted by molar-refractivity contribution is -0.140. The second-order valence-corrected chi connectivity index (χ2v) is 8.10. The van der Waals surface area contributed by atoms with E-state index in [4.69, 9.17) is 38.4 Å². The number of aliphatic carboxylic acids is 1. The van der Waals surface area contributed by atoms with E-state index in [1.165, 1.54) is 7.11 Å². The maximum Gasteiger partial charge on any atom is 0.323 e. The van der Waals surface area contributed by atoms with E-state index >= 15 is 0 Å². The SMILES string of the molecule is COc1cc(C=C2SC(=S)N(CC(=O)O)C2=O)ccc1OCc1ccc(Cl)cc1. The minimum Gasteiger partial charge on any atom is -0.493 e. The maximum absolute atomic E-state index is 12.4. The van der Waals surface area contributed by atoms with Crippen LogP contribution in [0.2, 0.25) is 5.02 Å². The molecule has 9 heteroatoms. The van der Waals surface area contributed by atoms with Crippen LogP contribution >= 0.6 is 35.6 Å². The van der Waals surface area contributed by atoms with Crippen molar-refractivity contribution in [1.82, 2.24) is 4.90 Å². The van der Waals surface area contributed by atoms with E-state index in [1.807, 2.05) is 12.1 Å². The first-order valence-electron chi connectivity index (χ1n) is 8.40. The zero-order valence-electron chi connectivity index (χ0n) is 15.3. The van der Waals surface area contributed by atoms with Crippen LogP contribution in [0.3, 0.4) is 0 Å². The lowest BCUT2D eigenvalue weighted by atomic mass is 10.1. The number of carbonyl (C=O) groups excluding carboxylic acids is 1. The molecule has 1 saturated heterocycles. The summed E-state index contributed by atoms with van der Waals surface area (Å²) >= 11 is 12.1. The predicted octanol–water partition coefficient (Wildman–Crippen LogP) is 4.21. The van der Waals surface area contributed by atoms with Crippen LogP contribution in [0.5, 0.6) is 11.5 Å². The number of thiocarbonyl (C=S) groups is 1. The van der Waals surface area contributed by atoms with Gasteiger partial charge >= 0.3 is 5.97 Å². The van der Waals surface area contributed by atoms with E-state index < -0.39 is 18.4 Å². The van der Waals surface area contributed by atoms with Crippen molar-refractivity contribution in [3.8, 4) is 11.5 Å². The molecule has 1 aliphatic heterocycles.